The zero-order chi connectivity index (χ0) is 11.0. The third kappa shape index (κ3) is 2.39. The summed E-state index contributed by atoms with van der Waals surface area (Å²) < 4.78 is 37.4. The zero-order valence-corrected chi connectivity index (χ0v) is 8.54. The standard InChI is InChI=1S/C9H17F3N2/c1-7(2,5-13)6-14-8(3-4-8)9(10,11)12/h14H,3-6,13H2,1-2H3. The summed E-state index contributed by atoms with van der Waals surface area (Å²) in [6.07, 6.45) is -3.74. The summed E-state index contributed by atoms with van der Waals surface area (Å²) >= 11 is 0. The molecule has 0 radical (unpaired) electrons. The van der Waals surface area contributed by atoms with E-state index in [4.69, 9.17) is 5.73 Å². The predicted octanol–water partition coefficient (Wildman–Crippen LogP) is 1.66. The topological polar surface area (TPSA) is 38.0 Å². The van der Waals surface area contributed by atoms with Crippen LogP contribution >= 0.6 is 0 Å². The van der Waals surface area contributed by atoms with Gasteiger partial charge in [-0.2, -0.15) is 13.2 Å². The number of rotatable bonds is 4. The van der Waals surface area contributed by atoms with Crippen LogP contribution in [-0.4, -0.2) is 24.8 Å². The van der Waals surface area contributed by atoms with E-state index in [-0.39, 0.29) is 18.3 Å². The average molecular weight is 210 g/mol. The van der Waals surface area contributed by atoms with Crippen LogP contribution in [-0.2, 0) is 0 Å². The molecule has 0 aromatic rings. The van der Waals surface area contributed by atoms with E-state index in [9.17, 15) is 13.2 Å². The lowest BCUT2D eigenvalue weighted by atomic mass is 9.93. The van der Waals surface area contributed by atoms with Crippen molar-refractivity contribution in [2.75, 3.05) is 13.1 Å². The van der Waals surface area contributed by atoms with Crippen LogP contribution in [0.25, 0.3) is 0 Å². The molecule has 1 aliphatic rings. The molecule has 1 fully saturated rings. The Morgan fingerprint density at radius 1 is 1.29 bits per heavy atom. The molecule has 14 heavy (non-hydrogen) atoms. The van der Waals surface area contributed by atoms with Gasteiger partial charge in [0.25, 0.3) is 0 Å². The lowest BCUT2D eigenvalue weighted by Gasteiger charge is -2.28. The molecule has 0 unspecified atom stereocenters. The van der Waals surface area contributed by atoms with E-state index >= 15 is 0 Å². The molecule has 84 valence electrons. The largest absolute Gasteiger partial charge is 0.406 e. The van der Waals surface area contributed by atoms with E-state index in [2.05, 4.69) is 5.32 Å². The van der Waals surface area contributed by atoms with E-state index in [1.807, 2.05) is 13.8 Å². The smallest absolute Gasteiger partial charge is 0.330 e. The quantitative estimate of drug-likeness (QED) is 0.740. The SMILES string of the molecule is CC(C)(CN)CNC1(C(F)(F)F)CC1. The van der Waals surface area contributed by atoms with Gasteiger partial charge in [-0.3, -0.25) is 0 Å². The lowest BCUT2D eigenvalue weighted by Crippen LogP contribution is -2.49. The summed E-state index contributed by atoms with van der Waals surface area (Å²) in [7, 11) is 0. The van der Waals surface area contributed by atoms with Crippen LogP contribution in [0.2, 0.25) is 0 Å². The Morgan fingerprint density at radius 3 is 2.07 bits per heavy atom. The Balaban J connectivity index is 2.46. The van der Waals surface area contributed by atoms with Gasteiger partial charge in [-0.1, -0.05) is 13.8 Å². The van der Waals surface area contributed by atoms with Crippen LogP contribution in [0.15, 0.2) is 0 Å². The Morgan fingerprint density at radius 2 is 1.79 bits per heavy atom. The lowest BCUT2D eigenvalue weighted by molar-refractivity contribution is -0.166. The molecule has 0 spiro atoms. The van der Waals surface area contributed by atoms with Crippen LogP contribution in [0.1, 0.15) is 26.7 Å². The third-order valence-electron chi connectivity index (χ3n) is 2.75. The van der Waals surface area contributed by atoms with Crippen LogP contribution in [0.4, 0.5) is 13.2 Å². The Bertz CT molecular complexity index is 207. The van der Waals surface area contributed by atoms with Gasteiger partial charge < -0.3 is 11.1 Å². The number of halogens is 3. The molecule has 0 amide bonds. The summed E-state index contributed by atoms with van der Waals surface area (Å²) in [6, 6.07) is 0. The number of nitrogens with one attached hydrogen (secondary N) is 1. The van der Waals surface area contributed by atoms with E-state index < -0.39 is 11.7 Å². The normalized spacial score (nSPS) is 21.0. The highest BCUT2D eigenvalue weighted by Gasteiger charge is 2.63. The second-order valence-corrected chi connectivity index (χ2v) is 4.80. The monoisotopic (exact) mass is 210 g/mol. The molecule has 0 bridgehead atoms. The Kier molecular flexibility index (Phi) is 2.84. The summed E-state index contributed by atoms with van der Waals surface area (Å²) in [5.41, 5.74) is 3.56. The van der Waals surface area contributed by atoms with Gasteiger partial charge in [0, 0.05) is 6.54 Å². The second-order valence-electron chi connectivity index (χ2n) is 4.80. The molecule has 2 nitrogen and oxygen atoms in total. The van der Waals surface area contributed by atoms with Crippen LogP contribution in [0, 0.1) is 5.41 Å². The maximum absolute atomic E-state index is 12.5. The first-order valence-corrected chi connectivity index (χ1v) is 4.74. The summed E-state index contributed by atoms with van der Waals surface area (Å²) in [4.78, 5) is 0. The van der Waals surface area contributed by atoms with Crippen molar-refractivity contribution in [3.8, 4) is 0 Å². The molecule has 0 heterocycles. The second kappa shape index (κ2) is 3.38. The fourth-order valence-electron chi connectivity index (χ4n) is 1.17. The number of alkyl halides is 3. The highest BCUT2D eigenvalue weighted by Crippen LogP contribution is 2.49. The zero-order valence-electron chi connectivity index (χ0n) is 8.54. The van der Waals surface area contributed by atoms with Gasteiger partial charge in [-0.15, -0.1) is 0 Å². The van der Waals surface area contributed by atoms with Crippen molar-refractivity contribution in [1.29, 1.82) is 0 Å². The average Bonchev–Trinajstić information content (AvgIpc) is 2.80. The molecule has 1 aliphatic carbocycles. The van der Waals surface area contributed by atoms with E-state index in [1.165, 1.54) is 0 Å². The van der Waals surface area contributed by atoms with E-state index in [0.29, 0.717) is 13.1 Å². The molecule has 0 atom stereocenters. The maximum atomic E-state index is 12.5. The first-order chi connectivity index (χ1) is 6.22. The van der Waals surface area contributed by atoms with Gasteiger partial charge >= 0.3 is 6.18 Å². The van der Waals surface area contributed by atoms with E-state index in [1.54, 1.807) is 0 Å². The van der Waals surface area contributed by atoms with Crippen molar-refractivity contribution >= 4 is 0 Å². The van der Waals surface area contributed by atoms with Gasteiger partial charge in [0.2, 0.25) is 0 Å². The molecule has 5 heteroatoms. The molecule has 0 aromatic heterocycles. The fourth-order valence-corrected chi connectivity index (χ4v) is 1.17. The Hall–Kier alpha value is -0.290. The maximum Gasteiger partial charge on any atom is 0.406 e. The molecule has 0 aromatic carbocycles. The summed E-state index contributed by atoms with van der Waals surface area (Å²) in [6.45, 7) is 4.40. The summed E-state index contributed by atoms with van der Waals surface area (Å²) in [5.74, 6) is 0. The highest BCUT2D eigenvalue weighted by molar-refractivity contribution is 5.08. The molecule has 1 rings (SSSR count). The molecule has 0 aliphatic heterocycles. The first-order valence-electron chi connectivity index (χ1n) is 4.74. The van der Waals surface area contributed by atoms with Gasteiger partial charge in [0.05, 0.1) is 0 Å². The Labute approximate surface area is 82.0 Å². The fraction of sp³-hybridized carbons (Fsp3) is 1.00. The summed E-state index contributed by atoms with van der Waals surface area (Å²) in [5, 5.41) is 2.60. The van der Waals surface area contributed by atoms with Crippen LogP contribution < -0.4 is 11.1 Å². The van der Waals surface area contributed by atoms with Crippen molar-refractivity contribution in [3.63, 3.8) is 0 Å². The van der Waals surface area contributed by atoms with Gasteiger partial charge in [0.15, 0.2) is 0 Å². The van der Waals surface area contributed by atoms with Crippen molar-refractivity contribution in [2.45, 2.75) is 38.4 Å². The minimum atomic E-state index is -4.13. The molecule has 1 saturated carbocycles. The van der Waals surface area contributed by atoms with Gasteiger partial charge in [-0.25, -0.2) is 0 Å². The predicted molar refractivity (Wildman–Crippen MR) is 48.9 cm³/mol. The first kappa shape index (κ1) is 11.8. The number of hydrogen-bond acceptors (Lipinski definition) is 2. The number of nitrogens with two attached hydrogens (primary N) is 1. The van der Waals surface area contributed by atoms with Crippen LogP contribution in [0.5, 0.6) is 0 Å². The van der Waals surface area contributed by atoms with Gasteiger partial charge in [-0.05, 0) is 24.8 Å². The molecule has 0 saturated heterocycles. The highest BCUT2D eigenvalue weighted by atomic mass is 19.4. The van der Waals surface area contributed by atoms with E-state index in [0.717, 1.165) is 0 Å². The van der Waals surface area contributed by atoms with Crippen molar-refractivity contribution in [3.05, 3.63) is 0 Å². The molecular formula is C9H17F3N2. The molecule has 3 N–H and O–H groups in total. The minimum Gasteiger partial charge on any atom is -0.330 e. The minimum absolute atomic E-state index is 0.192. The van der Waals surface area contributed by atoms with Crippen molar-refractivity contribution in [1.82, 2.24) is 5.32 Å². The van der Waals surface area contributed by atoms with Crippen LogP contribution in [0.3, 0.4) is 0 Å². The third-order valence-corrected chi connectivity index (χ3v) is 2.75. The van der Waals surface area contributed by atoms with Crippen molar-refractivity contribution in [2.24, 2.45) is 11.1 Å². The van der Waals surface area contributed by atoms with Gasteiger partial charge in [0.1, 0.15) is 5.54 Å². The van der Waals surface area contributed by atoms with Crippen molar-refractivity contribution < 1.29 is 13.2 Å². The number of hydrogen-bond donors (Lipinski definition) is 2. The molecular weight excluding hydrogens is 193 g/mol.